The van der Waals surface area contributed by atoms with Crippen molar-refractivity contribution in [1.82, 2.24) is 20.1 Å². The van der Waals surface area contributed by atoms with Gasteiger partial charge in [-0.25, -0.2) is 26.4 Å². The number of rotatable bonds is 8. The molecule has 1 aromatic carbocycles. The lowest BCUT2D eigenvalue weighted by Gasteiger charge is -2.37. The van der Waals surface area contributed by atoms with Gasteiger partial charge in [0.15, 0.2) is 9.84 Å². The van der Waals surface area contributed by atoms with Gasteiger partial charge in [0.2, 0.25) is 0 Å². The van der Waals surface area contributed by atoms with Gasteiger partial charge in [-0.15, -0.1) is 0 Å². The molecule has 0 bridgehead atoms. The summed E-state index contributed by atoms with van der Waals surface area (Å²) in [5, 5.41) is 5.84. The molecule has 3 heterocycles. The number of benzene rings is 1. The number of nitrogens with two attached hydrogens (primary N) is 1. The van der Waals surface area contributed by atoms with Gasteiger partial charge in [0.1, 0.15) is 5.82 Å². The number of aromatic nitrogens is 1. The van der Waals surface area contributed by atoms with Gasteiger partial charge in [-0.05, 0) is 74.5 Å². The number of fused-ring (bicyclic) bond motifs is 3. The van der Waals surface area contributed by atoms with Crippen LogP contribution in [0, 0.1) is 11.2 Å². The summed E-state index contributed by atoms with van der Waals surface area (Å²) in [5.41, 5.74) is 8.27. The molecule has 48 heavy (non-hydrogen) atoms. The smallest absolute Gasteiger partial charge is 0.315 e. The number of nitrogens with one attached hydrogen (secondary N) is 2. The van der Waals surface area contributed by atoms with Crippen molar-refractivity contribution in [2.24, 2.45) is 11.1 Å². The Labute approximate surface area is 280 Å². The third-order valence-corrected chi connectivity index (χ3v) is 12.9. The van der Waals surface area contributed by atoms with E-state index in [4.69, 9.17) is 5.73 Å². The lowest BCUT2D eigenvalue weighted by atomic mass is 9.89. The standard InChI is InChI=1S/C34H47F3N6O4S/c1-33(2)19-28-30(48(46,47)20-33)24-5-4-6-26(24)43(28)23-17-25(35)29(31(38)44)27(18-23)41(3)22-9-7-21(8-10-22)40-32(45)39-13-16-42-14-11-34(36,37)12-15-42/h17-18,21-22H,4-16,19-20H2,1-3H3,(H2,38,44)(H2,39,40,45). The molecule has 4 aliphatic rings. The number of urea groups is 1. The monoisotopic (exact) mass is 692 g/mol. The van der Waals surface area contributed by atoms with Crippen LogP contribution in [0.4, 0.5) is 23.7 Å². The third kappa shape index (κ3) is 6.92. The zero-order chi connectivity index (χ0) is 34.6. The number of piperidine rings is 1. The fourth-order valence-electron chi connectivity index (χ4n) is 8.29. The number of amides is 3. The average molecular weight is 693 g/mol. The maximum atomic E-state index is 15.9. The first kappa shape index (κ1) is 34.6. The van der Waals surface area contributed by atoms with Gasteiger partial charge in [0, 0.05) is 69.5 Å². The first-order chi connectivity index (χ1) is 22.6. The third-order valence-electron chi connectivity index (χ3n) is 10.6. The van der Waals surface area contributed by atoms with E-state index in [-0.39, 0.29) is 42.3 Å². The first-order valence-electron chi connectivity index (χ1n) is 17.0. The molecule has 0 unspecified atom stereocenters. The van der Waals surface area contributed by atoms with E-state index in [0.29, 0.717) is 93.1 Å². The minimum absolute atomic E-state index is 0.0558. The van der Waals surface area contributed by atoms with Crippen LogP contribution >= 0.6 is 0 Å². The molecule has 0 atom stereocenters. The van der Waals surface area contributed by atoms with Crippen molar-refractivity contribution in [2.45, 2.75) is 101 Å². The normalized spacial score (nSPS) is 24.4. The summed E-state index contributed by atoms with van der Waals surface area (Å²) in [6.45, 7) is 5.37. The van der Waals surface area contributed by atoms with E-state index in [1.165, 1.54) is 6.07 Å². The number of nitrogens with zero attached hydrogens (tertiary/aromatic N) is 3. The summed E-state index contributed by atoms with van der Waals surface area (Å²) in [4.78, 5) is 29.4. The van der Waals surface area contributed by atoms with Gasteiger partial charge in [-0.2, -0.15) is 0 Å². The van der Waals surface area contributed by atoms with Gasteiger partial charge in [-0.3, -0.25) is 4.79 Å². The van der Waals surface area contributed by atoms with Crippen LogP contribution in [0.25, 0.3) is 5.69 Å². The van der Waals surface area contributed by atoms with Crippen LogP contribution < -0.4 is 21.3 Å². The summed E-state index contributed by atoms with van der Waals surface area (Å²) < 4.78 is 71.6. The SMILES string of the molecule is CN(c1cc(-n2c3c(c4c2CC(C)(C)CS4(=O)=O)CCC3)cc(F)c1C(N)=O)C1CCC(NC(=O)NCCN2CCC(F)(F)CC2)CC1. The van der Waals surface area contributed by atoms with Gasteiger partial charge in [0.25, 0.3) is 11.8 Å². The number of alkyl halides is 2. The van der Waals surface area contributed by atoms with E-state index >= 15 is 4.39 Å². The molecular formula is C34H47F3N6O4S. The number of primary amides is 1. The summed E-state index contributed by atoms with van der Waals surface area (Å²) in [6, 6.07) is 2.64. The fourth-order valence-corrected chi connectivity index (χ4v) is 10.7. The van der Waals surface area contributed by atoms with Crippen LogP contribution in [0.2, 0.25) is 0 Å². The van der Waals surface area contributed by atoms with Gasteiger partial charge >= 0.3 is 6.03 Å². The number of likely N-dealkylation sites (tertiary alicyclic amines) is 1. The maximum absolute atomic E-state index is 15.9. The van der Waals surface area contributed by atoms with Crippen molar-refractivity contribution in [3.05, 3.63) is 40.5 Å². The number of hydrogen-bond acceptors (Lipinski definition) is 6. The fraction of sp³-hybridized carbons (Fsp3) is 0.647. The van der Waals surface area contributed by atoms with Crippen LogP contribution in [0.1, 0.15) is 86.1 Å². The number of carbonyl (C=O) groups excluding carboxylic acids is 2. The van der Waals surface area contributed by atoms with E-state index in [1.54, 1.807) is 6.07 Å². The molecule has 14 heteroatoms. The number of hydrogen-bond donors (Lipinski definition) is 3. The van der Waals surface area contributed by atoms with Crippen LogP contribution in [0.15, 0.2) is 17.0 Å². The predicted molar refractivity (Wildman–Crippen MR) is 177 cm³/mol. The van der Waals surface area contributed by atoms with Crippen LogP contribution in [0.3, 0.4) is 0 Å². The second-order valence-electron chi connectivity index (χ2n) is 14.9. The topological polar surface area (TPSA) is 130 Å². The largest absolute Gasteiger partial charge is 0.371 e. The van der Waals surface area contributed by atoms with Gasteiger partial charge in [-0.1, -0.05) is 13.8 Å². The van der Waals surface area contributed by atoms with Crippen molar-refractivity contribution >= 4 is 27.5 Å². The molecule has 1 aromatic heterocycles. The summed E-state index contributed by atoms with van der Waals surface area (Å²) in [7, 11) is -1.71. The second kappa shape index (κ2) is 12.9. The maximum Gasteiger partial charge on any atom is 0.315 e. The van der Waals surface area contributed by atoms with Crippen LogP contribution in [-0.2, 0) is 29.1 Å². The highest BCUT2D eigenvalue weighted by Gasteiger charge is 2.43. The lowest BCUT2D eigenvalue weighted by Crippen LogP contribution is -2.48. The minimum Gasteiger partial charge on any atom is -0.371 e. The number of halogens is 3. The Morgan fingerprint density at radius 3 is 2.42 bits per heavy atom. The lowest BCUT2D eigenvalue weighted by molar-refractivity contribution is -0.0546. The van der Waals surface area contributed by atoms with E-state index in [1.807, 2.05) is 35.3 Å². The van der Waals surface area contributed by atoms with Crippen molar-refractivity contribution < 1.29 is 31.2 Å². The first-order valence-corrected chi connectivity index (χ1v) is 18.7. The molecule has 10 nitrogen and oxygen atoms in total. The Morgan fingerprint density at radius 1 is 1.06 bits per heavy atom. The predicted octanol–water partition coefficient (Wildman–Crippen LogP) is 4.34. The molecule has 2 fully saturated rings. The summed E-state index contributed by atoms with van der Waals surface area (Å²) in [6.07, 6.45) is 5.07. The molecule has 2 aliphatic carbocycles. The average Bonchev–Trinajstić information content (AvgIpc) is 3.56. The molecular weight excluding hydrogens is 645 g/mol. The molecule has 1 saturated carbocycles. The molecule has 4 N–H and O–H groups in total. The molecule has 264 valence electrons. The Hall–Kier alpha value is -3.26. The Morgan fingerprint density at radius 2 is 1.75 bits per heavy atom. The zero-order valence-corrected chi connectivity index (χ0v) is 28.8. The number of carbonyl (C=O) groups is 2. The Balaban J connectivity index is 1.16. The van der Waals surface area contributed by atoms with Gasteiger partial charge < -0.3 is 30.7 Å². The highest BCUT2D eigenvalue weighted by molar-refractivity contribution is 7.91. The van der Waals surface area contributed by atoms with Crippen molar-refractivity contribution in [2.75, 3.05) is 43.9 Å². The molecule has 2 aromatic rings. The van der Waals surface area contributed by atoms with E-state index in [0.717, 1.165) is 17.7 Å². The van der Waals surface area contributed by atoms with E-state index < -0.39 is 32.9 Å². The number of anilines is 1. The molecule has 3 amide bonds. The quantitative estimate of drug-likeness (QED) is 0.378. The number of sulfone groups is 1. The molecule has 0 radical (unpaired) electrons. The highest BCUT2D eigenvalue weighted by Crippen LogP contribution is 2.45. The van der Waals surface area contributed by atoms with E-state index in [2.05, 4.69) is 10.6 Å². The second-order valence-corrected chi connectivity index (χ2v) is 16.8. The van der Waals surface area contributed by atoms with Crippen molar-refractivity contribution in [1.29, 1.82) is 0 Å². The Kier molecular flexibility index (Phi) is 9.29. The summed E-state index contributed by atoms with van der Waals surface area (Å²) in [5.74, 6) is -4.17. The van der Waals surface area contributed by atoms with Crippen LogP contribution in [-0.4, -0.2) is 86.8 Å². The van der Waals surface area contributed by atoms with Crippen molar-refractivity contribution in [3.63, 3.8) is 0 Å². The van der Waals surface area contributed by atoms with Crippen LogP contribution in [0.5, 0.6) is 0 Å². The molecule has 6 rings (SSSR count). The highest BCUT2D eigenvalue weighted by atomic mass is 32.2. The Bertz CT molecular complexity index is 1690. The zero-order valence-electron chi connectivity index (χ0n) is 28.0. The van der Waals surface area contributed by atoms with Crippen molar-refractivity contribution in [3.8, 4) is 5.69 Å². The molecule has 1 saturated heterocycles. The molecule has 2 aliphatic heterocycles. The van der Waals surface area contributed by atoms with E-state index in [9.17, 15) is 26.8 Å². The summed E-state index contributed by atoms with van der Waals surface area (Å²) >= 11 is 0. The van der Waals surface area contributed by atoms with Gasteiger partial charge in [0.05, 0.1) is 27.6 Å². The molecule has 0 spiro atoms. The minimum atomic E-state index is -3.53.